The zero-order valence-electron chi connectivity index (χ0n) is 12.5. The number of aromatic nitrogens is 1. The zero-order valence-corrected chi connectivity index (χ0v) is 12.5. The quantitative estimate of drug-likeness (QED) is 0.694. The SMILES string of the molecule is Cc1cc(-c2ncccc2-c2ccc3c(c2)OCO3)ccc1F. The molecule has 3 nitrogen and oxygen atoms in total. The Morgan fingerprint density at radius 2 is 1.78 bits per heavy atom. The highest BCUT2D eigenvalue weighted by Gasteiger charge is 2.16. The number of halogens is 1. The number of rotatable bonds is 2. The van der Waals surface area contributed by atoms with Gasteiger partial charge in [0.15, 0.2) is 11.5 Å². The molecule has 0 fully saturated rings. The Morgan fingerprint density at radius 3 is 2.65 bits per heavy atom. The molecule has 114 valence electrons. The lowest BCUT2D eigenvalue weighted by Gasteiger charge is -2.10. The molecule has 0 atom stereocenters. The number of fused-ring (bicyclic) bond motifs is 1. The van der Waals surface area contributed by atoms with Crippen molar-refractivity contribution in [1.29, 1.82) is 0 Å². The largest absolute Gasteiger partial charge is 0.454 e. The summed E-state index contributed by atoms with van der Waals surface area (Å²) in [7, 11) is 0. The summed E-state index contributed by atoms with van der Waals surface area (Å²) in [4.78, 5) is 4.50. The van der Waals surface area contributed by atoms with Crippen LogP contribution < -0.4 is 9.47 Å². The van der Waals surface area contributed by atoms with Crippen molar-refractivity contribution < 1.29 is 13.9 Å². The Bertz CT molecular complexity index is 892. The van der Waals surface area contributed by atoms with Crippen LogP contribution >= 0.6 is 0 Å². The molecule has 0 saturated heterocycles. The molecule has 0 bridgehead atoms. The van der Waals surface area contributed by atoms with E-state index >= 15 is 0 Å². The van der Waals surface area contributed by atoms with Gasteiger partial charge in [-0.25, -0.2) is 4.39 Å². The van der Waals surface area contributed by atoms with Crippen LogP contribution in [0.3, 0.4) is 0 Å². The molecule has 23 heavy (non-hydrogen) atoms. The van der Waals surface area contributed by atoms with E-state index in [9.17, 15) is 4.39 Å². The van der Waals surface area contributed by atoms with Gasteiger partial charge in [-0.05, 0) is 54.4 Å². The lowest BCUT2D eigenvalue weighted by molar-refractivity contribution is 0.174. The van der Waals surface area contributed by atoms with E-state index in [1.807, 2.05) is 36.4 Å². The summed E-state index contributed by atoms with van der Waals surface area (Å²) in [6.45, 7) is 2.00. The van der Waals surface area contributed by atoms with Crippen molar-refractivity contribution in [3.8, 4) is 33.9 Å². The fraction of sp³-hybridized carbons (Fsp3) is 0.105. The number of pyridine rings is 1. The molecule has 2 heterocycles. The van der Waals surface area contributed by atoms with Crippen LogP contribution in [-0.4, -0.2) is 11.8 Å². The average molecular weight is 307 g/mol. The first-order valence-corrected chi connectivity index (χ1v) is 7.34. The van der Waals surface area contributed by atoms with Gasteiger partial charge >= 0.3 is 0 Å². The van der Waals surface area contributed by atoms with E-state index in [1.165, 1.54) is 6.07 Å². The van der Waals surface area contributed by atoms with E-state index in [4.69, 9.17) is 9.47 Å². The maximum Gasteiger partial charge on any atom is 0.231 e. The van der Waals surface area contributed by atoms with Gasteiger partial charge in [0.1, 0.15) is 5.82 Å². The van der Waals surface area contributed by atoms with Gasteiger partial charge in [0, 0.05) is 17.3 Å². The van der Waals surface area contributed by atoms with Crippen molar-refractivity contribution in [1.82, 2.24) is 4.98 Å². The van der Waals surface area contributed by atoms with Crippen molar-refractivity contribution >= 4 is 0 Å². The normalized spacial score (nSPS) is 12.4. The predicted octanol–water partition coefficient (Wildman–Crippen LogP) is 4.59. The van der Waals surface area contributed by atoms with Gasteiger partial charge in [0.05, 0.1) is 5.69 Å². The van der Waals surface area contributed by atoms with Crippen molar-refractivity contribution in [2.24, 2.45) is 0 Å². The molecule has 0 unspecified atom stereocenters. The van der Waals surface area contributed by atoms with Crippen LogP contribution in [0.15, 0.2) is 54.7 Å². The second-order valence-corrected chi connectivity index (χ2v) is 5.43. The summed E-state index contributed by atoms with van der Waals surface area (Å²) in [5.74, 6) is 1.26. The van der Waals surface area contributed by atoms with Crippen molar-refractivity contribution in [2.75, 3.05) is 6.79 Å². The topological polar surface area (TPSA) is 31.4 Å². The van der Waals surface area contributed by atoms with Crippen molar-refractivity contribution in [2.45, 2.75) is 6.92 Å². The average Bonchev–Trinajstić information content (AvgIpc) is 3.05. The van der Waals surface area contributed by atoms with Crippen LogP contribution in [0.1, 0.15) is 5.56 Å². The molecule has 0 amide bonds. The first kappa shape index (κ1) is 13.8. The maximum atomic E-state index is 13.5. The number of aryl methyl sites for hydroxylation is 1. The molecule has 1 aromatic heterocycles. The monoisotopic (exact) mass is 307 g/mol. The second kappa shape index (κ2) is 5.39. The maximum absolute atomic E-state index is 13.5. The summed E-state index contributed by atoms with van der Waals surface area (Å²) in [5.41, 5.74) is 4.26. The third-order valence-electron chi connectivity index (χ3n) is 3.92. The standard InChI is InChI=1S/C19H14FNO2/c1-12-9-14(4-6-16(12)20)19-15(3-2-8-21-19)13-5-7-17-18(10-13)23-11-22-17/h2-10H,11H2,1H3. The molecule has 1 aliphatic heterocycles. The minimum atomic E-state index is -0.214. The number of nitrogens with zero attached hydrogens (tertiary/aromatic N) is 1. The fourth-order valence-electron chi connectivity index (χ4n) is 2.72. The highest BCUT2D eigenvalue weighted by Crippen LogP contribution is 2.38. The van der Waals surface area contributed by atoms with Gasteiger partial charge < -0.3 is 9.47 Å². The molecule has 4 rings (SSSR count). The van der Waals surface area contributed by atoms with Crippen LogP contribution in [-0.2, 0) is 0 Å². The lowest BCUT2D eigenvalue weighted by atomic mass is 9.98. The lowest BCUT2D eigenvalue weighted by Crippen LogP contribution is -1.93. The van der Waals surface area contributed by atoms with Gasteiger partial charge in [-0.15, -0.1) is 0 Å². The number of hydrogen-bond donors (Lipinski definition) is 0. The molecule has 0 aliphatic carbocycles. The summed E-state index contributed by atoms with van der Waals surface area (Å²) in [6.07, 6.45) is 1.74. The second-order valence-electron chi connectivity index (χ2n) is 5.43. The highest BCUT2D eigenvalue weighted by atomic mass is 19.1. The molecule has 0 N–H and O–H groups in total. The number of hydrogen-bond acceptors (Lipinski definition) is 3. The minimum absolute atomic E-state index is 0.214. The van der Waals surface area contributed by atoms with Crippen molar-refractivity contribution in [3.05, 3.63) is 66.1 Å². The van der Waals surface area contributed by atoms with E-state index in [-0.39, 0.29) is 12.6 Å². The van der Waals surface area contributed by atoms with Crippen LogP contribution in [0.4, 0.5) is 4.39 Å². The predicted molar refractivity (Wildman–Crippen MR) is 85.9 cm³/mol. The molecular formula is C19H14FNO2. The van der Waals surface area contributed by atoms with E-state index in [1.54, 1.807) is 19.2 Å². The summed E-state index contributed by atoms with van der Waals surface area (Å²) in [5, 5.41) is 0. The number of benzene rings is 2. The Hall–Kier alpha value is -2.88. The first-order valence-electron chi connectivity index (χ1n) is 7.34. The molecule has 1 aliphatic rings. The van der Waals surface area contributed by atoms with Gasteiger partial charge in [0.25, 0.3) is 0 Å². The van der Waals surface area contributed by atoms with Gasteiger partial charge in [0.2, 0.25) is 6.79 Å². The van der Waals surface area contributed by atoms with Crippen LogP contribution in [0.25, 0.3) is 22.4 Å². The molecule has 0 saturated carbocycles. The van der Waals surface area contributed by atoms with Crippen LogP contribution in [0, 0.1) is 12.7 Å². The Balaban J connectivity index is 1.85. The van der Waals surface area contributed by atoms with Gasteiger partial charge in [-0.2, -0.15) is 0 Å². The smallest absolute Gasteiger partial charge is 0.231 e. The Labute approximate surface area is 133 Å². The molecule has 2 aromatic carbocycles. The minimum Gasteiger partial charge on any atom is -0.454 e. The molecular weight excluding hydrogens is 293 g/mol. The first-order chi connectivity index (χ1) is 11.2. The van der Waals surface area contributed by atoms with Gasteiger partial charge in [-0.1, -0.05) is 12.1 Å². The fourth-order valence-corrected chi connectivity index (χ4v) is 2.72. The zero-order chi connectivity index (χ0) is 15.8. The van der Waals surface area contributed by atoms with Gasteiger partial charge in [-0.3, -0.25) is 4.98 Å². The summed E-state index contributed by atoms with van der Waals surface area (Å²) >= 11 is 0. The molecule has 0 spiro atoms. The molecule has 4 heteroatoms. The third kappa shape index (κ3) is 2.42. The summed E-state index contributed by atoms with van der Waals surface area (Å²) < 4.78 is 24.3. The Kier molecular flexibility index (Phi) is 3.23. The number of ether oxygens (including phenoxy) is 2. The van der Waals surface area contributed by atoms with E-state index in [0.717, 1.165) is 33.9 Å². The Morgan fingerprint density at radius 1 is 0.957 bits per heavy atom. The van der Waals surface area contributed by atoms with Crippen molar-refractivity contribution in [3.63, 3.8) is 0 Å². The van der Waals surface area contributed by atoms with E-state index in [2.05, 4.69) is 4.98 Å². The molecule has 3 aromatic rings. The van der Waals surface area contributed by atoms with E-state index in [0.29, 0.717) is 5.56 Å². The van der Waals surface area contributed by atoms with Crippen LogP contribution in [0.2, 0.25) is 0 Å². The van der Waals surface area contributed by atoms with Crippen LogP contribution in [0.5, 0.6) is 11.5 Å². The highest BCUT2D eigenvalue weighted by molar-refractivity contribution is 5.81. The third-order valence-corrected chi connectivity index (χ3v) is 3.92. The molecule has 0 radical (unpaired) electrons. The van der Waals surface area contributed by atoms with E-state index < -0.39 is 0 Å². The summed E-state index contributed by atoms with van der Waals surface area (Å²) in [6, 6.07) is 14.7.